The molecule has 0 aromatic heterocycles. The molecule has 1 rings (SSSR count). The molecule has 1 heterocycles. The summed E-state index contributed by atoms with van der Waals surface area (Å²) in [6, 6.07) is 0. The second kappa shape index (κ2) is 4.64. The number of aliphatic hydroxyl groups is 3. The van der Waals surface area contributed by atoms with Gasteiger partial charge in [-0.05, 0) is 13.1 Å². The molecule has 7 heteroatoms. The minimum atomic E-state index is -1.53. The van der Waals surface area contributed by atoms with E-state index in [0.717, 1.165) is 0 Å². The normalized spacial score (nSPS) is 23.3. The van der Waals surface area contributed by atoms with Crippen LogP contribution in [0.15, 0.2) is 11.5 Å². The second-order valence-electron chi connectivity index (χ2n) is 3.46. The third-order valence-corrected chi connectivity index (χ3v) is 2.52. The van der Waals surface area contributed by atoms with Crippen LogP contribution in [0, 0.1) is 0 Å². The number of esters is 1. The van der Waals surface area contributed by atoms with Crippen LogP contribution in [0.3, 0.4) is 0 Å². The summed E-state index contributed by atoms with van der Waals surface area (Å²) in [7, 11) is -1.53. The van der Waals surface area contributed by atoms with Gasteiger partial charge in [-0.15, -0.1) is 0 Å². The lowest BCUT2D eigenvalue weighted by Gasteiger charge is -2.14. The molecule has 15 heavy (non-hydrogen) atoms. The third kappa shape index (κ3) is 2.49. The first-order valence-corrected chi connectivity index (χ1v) is 7.35. The number of aliphatic hydroxyl groups excluding tert-OH is 3. The highest BCUT2D eigenvalue weighted by Gasteiger charge is 2.40. The Labute approximate surface area is 88.5 Å². The van der Waals surface area contributed by atoms with Gasteiger partial charge in [0.25, 0.3) is 0 Å². The van der Waals surface area contributed by atoms with Crippen molar-refractivity contribution < 1.29 is 29.3 Å². The standard InChI is InChI=1S/C8H14O6Si/c1-15(2)14-7-5(11)6(4(10)3-9)13-8(7)12/h4,6,9-11,15H,3H2,1-2H3/t4-,6+/m0/s1. The molecule has 0 bridgehead atoms. The van der Waals surface area contributed by atoms with Crippen LogP contribution < -0.4 is 0 Å². The van der Waals surface area contributed by atoms with E-state index < -0.39 is 39.6 Å². The van der Waals surface area contributed by atoms with Crippen LogP contribution in [0.2, 0.25) is 13.1 Å². The van der Waals surface area contributed by atoms with Crippen molar-refractivity contribution in [2.75, 3.05) is 6.61 Å². The lowest BCUT2D eigenvalue weighted by Crippen LogP contribution is -2.31. The number of hydrogen-bond donors (Lipinski definition) is 3. The molecule has 0 aromatic carbocycles. The minimum Gasteiger partial charge on any atom is -0.540 e. The zero-order chi connectivity index (χ0) is 11.6. The van der Waals surface area contributed by atoms with Gasteiger partial charge in [-0.3, -0.25) is 0 Å². The maximum atomic E-state index is 11.2. The summed E-state index contributed by atoms with van der Waals surface area (Å²) < 4.78 is 9.83. The molecule has 0 fully saturated rings. The Kier molecular flexibility index (Phi) is 3.72. The Morgan fingerprint density at radius 2 is 2.20 bits per heavy atom. The summed E-state index contributed by atoms with van der Waals surface area (Å²) in [5, 5.41) is 27.4. The number of rotatable bonds is 4. The Morgan fingerprint density at radius 3 is 2.67 bits per heavy atom. The summed E-state index contributed by atoms with van der Waals surface area (Å²) in [4.78, 5) is 11.2. The van der Waals surface area contributed by atoms with Crippen LogP contribution >= 0.6 is 0 Å². The Morgan fingerprint density at radius 1 is 1.60 bits per heavy atom. The smallest absolute Gasteiger partial charge is 0.376 e. The molecule has 0 amide bonds. The highest BCUT2D eigenvalue weighted by molar-refractivity contribution is 6.49. The van der Waals surface area contributed by atoms with Crippen molar-refractivity contribution in [3.05, 3.63) is 11.5 Å². The van der Waals surface area contributed by atoms with Crippen LogP contribution in [0.4, 0.5) is 0 Å². The van der Waals surface area contributed by atoms with Crippen LogP contribution in [0.25, 0.3) is 0 Å². The highest BCUT2D eigenvalue weighted by Crippen LogP contribution is 2.24. The molecule has 0 aromatic rings. The number of cyclic esters (lactones) is 1. The van der Waals surface area contributed by atoms with Gasteiger partial charge in [-0.2, -0.15) is 0 Å². The molecule has 0 unspecified atom stereocenters. The van der Waals surface area contributed by atoms with Gasteiger partial charge in [-0.25, -0.2) is 4.79 Å². The van der Waals surface area contributed by atoms with Gasteiger partial charge in [0.2, 0.25) is 14.8 Å². The van der Waals surface area contributed by atoms with E-state index in [4.69, 9.17) is 9.53 Å². The lowest BCUT2D eigenvalue weighted by atomic mass is 10.2. The van der Waals surface area contributed by atoms with Crippen molar-refractivity contribution in [3.8, 4) is 0 Å². The molecule has 0 aliphatic carbocycles. The Hall–Kier alpha value is -1.05. The van der Waals surface area contributed by atoms with Crippen LogP contribution in [-0.2, 0) is 14.0 Å². The summed E-state index contributed by atoms with van der Waals surface area (Å²) in [6.07, 6.45) is -2.55. The average Bonchev–Trinajstić information content (AvgIpc) is 2.44. The molecule has 1 aliphatic heterocycles. The zero-order valence-electron chi connectivity index (χ0n) is 8.51. The number of carbonyl (C=O) groups is 1. The molecule has 1 aliphatic rings. The Bertz CT molecular complexity index is 287. The van der Waals surface area contributed by atoms with Crippen molar-refractivity contribution in [3.63, 3.8) is 0 Å². The first-order valence-electron chi connectivity index (χ1n) is 4.57. The Balaban J connectivity index is 2.83. The summed E-state index contributed by atoms with van der Waals surface area (Å²) in [6.45, 7) is 3.04. The molecule has 6 nitrogen and oxygen atoms in total. The van der Waals surface area contributed by atoms with E-state index in [1.165, 1.54) is 0 Å². The van der Waals surface area contributed by atoms with Gasteiger partial charge in [0.05, 0.1) is 6.61 Å². The van der Waals surface area contributed by atoms with Gasteiger partial charge >= 0.3 is 5.97 Å². The fourth-order valence-corrected chi connectivity index (χ4v) is 1.85. The van der Waals surface area contributed by atoms with Crippen LogP contribution in [-0.4, -0.2) is 49.1 Å². The molecular weight excluding hydrogens is 220 g/mol. The largest absolute Gasteiger partial charge is 0.540 e. The lowest BCUT2D eigenvalue weighted by molar-refractivity contribution is -0.147. The van der Waals surface area contributed by atoms with E-state index >= 15 is 0 Å². The van der Waals surface area contributed by atoms with Crippen molar-refractivity contribution in [1.29, 1.82) is 0 Å². The molecule has 3 N–H and O–H groups in total. The van der Waals surface area contributed by atoms with Crippen LogP contribution in [0.5, 0.6) is 0 Å². The second-order valence-corrected chi connectivity index (χ2v) is 5.79. The molecule has 2 atom stereocenters. The van der Waals surface area contributed by atoms with Gasteiger partial charge < -0.3 is 24.5 Å². The predicted octanol–water partition coefficient (Wildman–Crippen LogP) is -0.965. The van der Waals surface area contributed by atoms with E-state index in [2.05, 4.69) is 4.74 Å². The monoisotopic (exact) mass is 234 g/mol. The van der Waals surface area contributed by atoms with Gasteiger partial charge in [0.15, 0.2) is 11.9 Å². The first-order chi connectivity index (χ1) is 6.97. The predicted molar refractivity (Wildman–Crippen MR) is 52.6 cm³/mol. The maximum Gasteiger partial charge on any atom is 0.376 e. The highest BCUT2D eigenvalue weighted by atomic mass is 28.3. The zero-order valence-corrected chi connectivity index (χ0v) is 9.66. The molecule has 86 valence electrons. The van der Waals surface area contributed by atoms with E-state index in [-0.39, 0.29) is 5.76 Å². The third-order valence-electron chi connectivity index (χ3n) is 1.81. The first kappa shape index (κ1) is 12.0. The van der Waals surface area contributed by atoms with Gasteiger partial charge in [0.1, 0.15) is 6.10 Å². The molecule has 0 spiro atoms. The quantitative estimate of drug-likeness (QED) is 0.428. The molecule has 0 radical (unpaired) electrons. The molecular formula is C8H14O6Si. The van der Waals surface area contributed by atoms with E-state index in [1.54, 1.807) is 0 Å². The molecule has 0 saturated carbocycles. The molecule has 0 saturated heterocycles. The van der Waals surface area contributed by atoms with Crippen LogP contribution in [0.1, 0.15) is 0 Å². The summed E-state index contributed by atoms with van der Waals surface area (Å²) >= 11 is 0. The van der Waals surface area contributed by atoms with Crippen molar-refractivity contribution in [2.45, 2.75) is 25.3 Å². The van der Waals surface area contributed by atoms with Gasteiger partial charge in [-0.1, -0.05) is 0 Å². The van der Waals surface area contributed by atoms with E-state index in [1.807, 2.05) is 13.1 Å². The topological polar surface area (TPSA) is 96.2 Å². The van der Waals surface area contributed by atoms with Crippen molar-refractivity contribution in [1.82, 2.24) is 0 Å². The fourth-order valence-electron chi connectivity index (χ4n) is 1.16. The summed E-state index contributed by atoms with van der Waals surface area (Å²) in [5.74, 6) is -1.48. The maximum absolute atomic E-state index is 11.2. The number of carbonyl (C=O) groups excluding carboxylic acids is 1. The summed E-state index contributed by atoms with van der Waals surface area (Å²) in [5.41, 5.74) is 0. The van der Waals surface area contributed by atoms with E-state index in [9.17, 15) is 15.0 Å². The van der Waals surface area contributed by atoms with Gasteiger partial charge in [0, 0.05) is 0 Å². The average molecular weight is 234 g/mol. The number of hydrogen-bond acceptors (Lipinski definition) is 6. The van der Waals surface area contributed by atoms with E-state index in [0.29, 0.717) is 0 Å². The minimum absolute atomic E-state index is 0.242. The van der Waals surface area contributed by atoms with Crippen molar-refractivity contribution >= 4 is 15.0 Å². The SMILES string of the molecule is C[SiH](C)OC1=C(O)[C@@H]([C@@H](O)CO)OC1=O. The number of ether oxygens (including phenoxy) is 1. The fraction of sp³-hybridized carbons (Fsp3) is 0.625. The van der Waals surface area contributed by atoms with Crippen molar-refractivity contribution in [2.24, 2.45) is 0 Å².